The molecule has 0 radical (unpaired) electrons. The minimum Gasteiger partial charge on any atom is -0.463 e. The van der Waals surface area contributed by atoms with Gasteiger partial charge in [0, 0.05) is 6.92 Å². The number of hydrogen-bond donors (Lipinski definition) is 1. The van der Waals surface area contributed by atoms with Gasteiger partial charge in [0.25, 0.3) is 0 Å². The first kappa shape index (κ1) is 18.8. The van der Waals surface area contributed by atoms with Crippen molar-refractivity contribution < 1.29 is 14.6 Å². The van der Waals surface area contributed by atoms with E-state index < -0.39 is 0 Å². The van der Waals surface area contributed by atoms with Gasteiger partial charge in [-0.2, -0.15) is 0 Å². The molecule has 3 nitrogen and oxygen atoms in total. The maximum absolute atomic E-state index is 11.4. The summed E-state index contributed by atoms with van der Waals surface area (Å²) in [6.07, 6.45) is 11.2. The maximum Gasteiger partial charge on any atom is 0.302 e. The van der Waals surface area contributed by atoms with Crippen LogP contribution in [0.4, 0.5) is 0 Å². The Balaban J connectivity index is 1.53. The molecule has 0 amide bonds. The lowest BCUT2D eigenvalue weighted by Gasteiger charge is -2.61. The fourth-order valence-electron chi connectivity index (χ4n) is 8.39. The summed E-state index contributed by atoms with van der Waals surface area (Å²) in [7, 11) is 0. The van der Waals surface area contributed by atoms with Crippen LogP contribution >= 0.6 is 0 Å². The molecule has 4 aliphatic rings. The molecule has 0 unspecified atom stereocenters. The molecule has 0 aromatic heterocycles. The first-order chi connectivity index (χ1) is 12.3. The van der Waals surface area contributed by atoms with Crippen molar-refractivity contribution in [3.63, 3.8) is 0 Å². The Bertz CT molecular complexity index is 558. The summed E-state index contributed by atoms with van der Waals surface area (Å²) in [6.45, 7) is 8.61. The minimum absolute atomic E-state index is 0.115. The second kappa shape index (κ2) is 6.50. The van der Waals surface area contributed by atoms with E-state index in [0.717, 1.165) is 36.5 Å². The van der Waals surface area contributed by atoms with Crippen LogP contribution in [0.2, 0.25) is 0 Å². The summed E-state index contributed by atoms with van der Waals surface area (Å²) in [4.78, 5) is 11.4. The molecule has 0 bridgehead atoms. The van der Waals surface area contributed by atoms with Gasteiger partial charge in [-0.1, -0.05) is 13.8 Å². The SMILES string of the molecule is CC(=O)O[C@@H]1CC[C@@]2(C)[C@@H](CC[C@H]3[C@H]2CC[C@@]2(C)[C@@H]3CC[C@H]2[C@H](C)O)C1. The molecule has 4 fully saturated rings. The van der Waals surface area contributed by atoms with Gasteiger partial charge in [0.1, 0.15) is 6.10 Å². The van der Waals surface area contributed by atoms with Crippen molar-refractivity contribution in [1.82, 2.24) is 0 Å². The van der Waals surface area contributed by atoms with Crippen LogP contribution in [0.3, 0.4) is 0 Å². The largest absolute Gasteiger partial charge is 0.463 e. The first-order valence-electron chi connectivity index (χ1n) is 11.1. The van der Waals surface area contributed by atoms with Crippen LogP contribution < -0.4 is 0 Å². The molecule has 26 heavy (non-hydrogen) atoms. The number of carbonyl (C=O) groups excluding carboxylic acids is 1. The van der Waals surface area contributed by atoms with Crippen LogP contribution in [0, 0.1) is 40.4 Å². The van der Waals surface area contributed by atoms with Crippen molar-refractivity contribution in [2.75, 3.05) is 0 Å². The van der Waals surface area contributed by atoms with E-state index in [1.807, 2.05) is 6.92 Å². The number of carbonyl (C=O) groups is 1. The maximum atomic E-state index is 11.4. The standard InChI is InChI=1S/C23H38O3/c1-14(24)19-7-8-20-18-6-5-16-13-17(26-15(2)25)9-11-22(16,3)21(18)10-12-23(19,20)4/h14,16-21,24H,5-13H2,1-4H3/t14-,16-,17+,18+,19-,20+,21+,22-,23+/m0/s1. The molecule has 4 aliphatic carbocycles. The lowest BCUT2D eigenvalue weighted by Crippen LogP contribution is -2.54. The predicted octanol–water partition coefficient (Wildman–Crippen LogP) is 4.96. The third-order valence-electron chi connectivity index (χ3n) is 9.61. The quantitative estimate of drug-likeness (QED) is 0.706. The van der Waals surface area contributed by atoms with Crippen LogP contribution in [0.15, 0.2) is 0 Å². The first-order valence-corrected chi connectivity index (χ1v) is 11.1. The van der Waals surface area contributed by atoms with Crippen molar-refractivity contribution in [2.45, 2.75) is 97.7 Å². The highest BCUT2D eigenvalue weighted by Crippen LogP contribution is 2.67. The highest BCUT2D eigenvalue weighted by atomic mass is 16.5. The van der Waals surface area contributed by atoms with E-state index in [0.29, 0.717) is 16.7 Å². The summed E-state index contributed by atoms with van der Waals surface area (Å²) in [6, 6.07) is 0. The summed E-state index contributed by atoms with van der Waals surface area (Å²) < 4.78 is 5.58. The van der Waals surface area contributed by atoms with Gasteiger partial charge in [0.2, 0.25) is 0 Å². The Morgan fingerprint density at radius 1 is 1.00 bits per heavy atom. The van der Waals surface area contributed by atoms with E-state index in [4.69, 9.17) is 4.74 Å². The zero-order chi connectivity index (χ0) is 18.7. The molecule has 0 spiro atoms. The van der Waals surface area contributed by atoms with Gasteiger partial charge in [-0.25, -0.2) is 0 Å². The number of ether oxygens (including phenoxy) is 1. The minimum atomic E-state index is -0.160. The fourth-order valence-corrected chi connectivity index (χ4v) is 8.39. The smallest absolute Gasteiger partial charge is 0.302 e. The predicted molar refractivity (Wildman–Crippen MR) is 102 cm³/mol. The monoisotopic (exact) mass is 362 g/mol. The zero-order valence-electron chi connectivity index (χ0n) is 17.2. The van der Waals surface area contributed by atoms with Gasteiger partial charge in [-0.3, -0.25) is 4.79 Å². The Kier molecular flexibility index (Phi) is 4.69. The molecule has 0 saturated heterocycles. The average Bonchev–Trinajstić information content (AvgIpc) is 2.92. The highest BCUT2D eigenvalue weighted by Gasteiger charge is 2.60. The summed E-state index contributed by atoms with van der Waals surface area (Å²) >= 11 is 0. The van der Waals surface area contributed by atoms with E-state index in [9.17, 15) is 9.90 Å². The van der Waals surface area contributed by atoms with E-state index in [1.165, 1.54) is 44.9 Å². The molecule has 0 aromatic carbocycles. The number of hydrogen-bond acceptors (Lipinski definition) is 3. The molecule has 9 atom stereocenters. The van der Waals surface area contributed by atoms with E-state index in [2.05, 4.69) is 13.8 Å². The Labute approximate surface area is 159 Å². The van der Waals surface area contributed by atoms with E-state index in [-0.39, 0.29) is 18.2 Å². The Hall–Kier alpha value is -0.570. The van der Waals surface area contributed by atoms with Crippen LogP contribution in [0.25, 0.3) is 0 Å². The highest BCUT2D eigenvalue weighted by molar-refractivity contribution is 5.66. The van der Waals surface area contributed by atoms with Crippen LogP contribution in [-0.2, 0) is 9.53 Å². The molecular weight excluding hydrogens is 324 g/mol. The number of rotatable bonds is 2. The zero-order valence-corrected chi connectivity index (χ0v) is 17.2. The van der Waals surface area contributed by atoms with Crippen molar-refractivity contribution in [1.29, 1.82) is 0 Å². The van der Waals surface area contributed by atoms with Gasteiger partial charge in [0.05, 0.1) is 6.10 Å². The summed E-state index contributed by atoms with van der Waals surface area (Å²) in [5.41, 5.74) is 0.789. The van der Waals surface area contributed by atoms with Crippen molar-refractivity contribution in [2.24, 2.45) is 40.4 Å². The molecule has 0 heterocycles. The Morgan fingerprint density at radius 3 is 2.38 bits per heavy atom. The topological polar surface area (TPSA) is 46.5 Å². The number of aliphatic hydroxyl groups is 1. The van der Waals surface area contributed by atoms with Gasteiger partial charge in [-0.05, 0) is 105 Å². The molecule has 1 N–H and O–H groups in total. The summed E-state index contributed by atoms with van der Waals surface area (Å²) in [5.74, 6) is 3.61. The summed E-state index contributed by atoms with van der Waals surface area (Å²) in [5, 5.41) is 10.4. The van der Waals surface area contributed by atoms with E-state index in [1.54, 1.807) is 6.92 Å². The van der Waals surface area contributed by atoms with Gasteiger partial charge in [-0.15, -0.1) is 0 Å². The van der Waals surface area contributed by atoms with Gasteiger partial charge < -0.3 is 9.84 Å². The molecule has 0 aromatic rings. The number of esters is 1. The van der Waals surface area contributed by atoms with Crippen molar-refractivity contribution in [3.05, 3.63) is 0 Å². The number of fused-ring (bicyclic) bond motifs is 5. The molecule has 0 aliphatic heterocycles. The average molecular weight is 363 g/mol. The molecule has 3 heteroatoms. The van der Waals surface area contributed by atoms with Crippen LogP contribution in [0.1, 0.15) is 85.5 Å². The van der Waals surface area contributed by atoms with Crippen LogP contribution in [-0.4, -0.2) is 23.3 Å². The lowest BCUT2D eigenvalue weighted by atomic mass is 9.44. The molecule has 4 saturated carbocycles. The van der Waals surface area contributed by atoms with Gasteiger partial charge in [0.15, 0.2) is 0 Å². The second-order valence-corrected chi connectivity index (χ2v) is 10.6. The van der Waals surface area contributed by atoms with Crippen molar-refractivity contribution in [3.8, 4) is 0 Å². The molecular formula is C23H38O3. The Morgan fingerprint density at radius 2 is 1.69 bits per heavy atom. The molecule has 4 rings (SSSR count). The third-order valence-corrected chi connectivity index (χ3v) is 9.61. The normalized spacial score (nSPS) is 51.7. The lowest BCUT2D eigenvalue weighted by molar-refractivity contribution is -0.161. The van der Waals surface area contributed by atoms with Crippen LogP contribution in [0.5, 0.6) is 0 Å². The second-order valence-electron chi connectivity index (χ2n) is 10.6. The number of aliphatic hydroxyl groups excluding tert-OH is 1. The third kappa shape index (κ3) is 2.75. The molecule has 148 valence electrons. The van der Waals surface area contributed by atoms with Gasteiger partial charge >= 0.3 is 5.97 Å². The van der Waals surface area contributed by atoms with E-state index >= 15 is 0 Å². The fraction of sp³-hybridized carbons (Fsp3) is 0.957. The van der Waals surface area contributed by atoms with Crippen molar-refractivity contribution >= 4 is 5.97 Å².